The number of ether oxygens (including phenoxy) is 1. The van der Waals surface area contributed by atoms with E-state index in [4.69, 9.17) is 4.74 Å². The fourth-order valence-electron chi connectivity index (χ4n) is 3.33. The molecule has 0 spiro atoms. The SMILES string of the molecule is CC1(O)CC2=CC(=O)OC2=C(c2ccc3ccccc3c2)C1. The van der Waals surface area contributed by atoms with Crippen LogP contribution in [0.4, 0.5) is 0 Å². The van der Waals surface area contributed by atoms with Crippen LogP contribution < -0.4 is 0 Å². The molecule has 110 valence electrons. The minimum atomic E-state index is -0.857. The average molecular weight is 292 g/mol. The lowest BCUT2D eigenvalue weighted by atomic mass is 9.79. The Kier molecular flexibility index (Phi) is 2.75. The van der Waals surface area contributed by atoms with Crippen LogP contribution in [0.25, 0.3) is 16.3 Å². The van der Waals surface area contributed by atoms with Crippen molar-refractivity contribution in [1.29, 1.82) is 0 Å². The lowest BCUT2D eigenvalue weighted by Crippen LogP contribution is -2.29. The van der Waals surface area contributed by atoms with Crippen molar-refractivity contribution in [2.24, 2.45) is 0 Å². The van der Waals surface area contributed by atoms with Crippen molar-refractivity contribution >= 4 is 22.3 Å². The number of hydrogen-bond donors (Lipinski definition) is 1. The van der Waals surface area contributed by atoms with Gasteiger partial charge in [-0.05, 0) is 29.3 Å². The maximum absolute atomic E-state index is 11.6. The first-order valence-corrected chi connectivity index (χ1v) is 7.39. The first-order chi connectivity index (χ1) is 10.5. The molecule has 0 radical (unpaired) electrons. The molecule has 0 aromatic heterocycles. The van der Waals surface area contributed by atoms with E-state index >= 15 is 0 Å². The molecule has 2 aromatic carbocycles. The third-order valence-electron chi connectivity index (χ3n) is 4.29. The third kappa shape index (κ3) is 2.14. The van der Waals surface area contributed by atoms with Gasteiger partial charge in [0.25, 0.3) is 0 Å². The molecule has 0 saturated heterocycles. The number of fused-ring (bicyclic) bond motifs is 2. The zero-order chi connectivity index (χ0) is 15.3. The van der Waals surface area contributed by atoms with Gasteiger partial charge in [0.2, 0.25) is 0 Å². The number of carbonyl (C=O) groups excluding carboxylic acids is 1. The quantitative estimate of drug-likeness (QED) is 0.817. The summed E-state index contributed by atoms with van der Waals surface area (Å²) >= 11 is 0. The normalized spacial score (nSPS) is 24.3. The van der Waals surface area contributed by atoms with Crippen molar-refractivity contribution in [3.63, 3.8) is 0 Å². The minimum absolute atomic E-state index is 0.346. The molecule has 0 saturated carbocycles. The van der Waals surface area contributed by atoms with Gasteiger partial charge in [-0.2, -0.15) is 0 Å². The second-order valence-corrected chi connectivity index (χ2v) is 6.31. The molecule has 0 amide bonds. The fraction of sp³-hybridized carbons (Fsp3) is 0.211. The molecule has 0 bridgehead atoms. The highest BCUT2D eigenvalue weighted by molar-refractivity contribution is 5.93. The molecule has 3 heteroatoms. The smallest absolute Gasteiger partial charge is 0.336 e. The number of carbonyl (C=O) groups is 1. The van der Waals surface area contributed by atoms with Crippen LogP contribution in [0.5, 0.6) is 0 Å². The maximum Gasteiger partial charge on any atom is 0.336 e. The van der Waals surface area contributed by atoms with E-state index in [0.29, 0.717) is 18.6 Å². The molecular weight excluding hydrogens is 276 g/mol. The van der Waals surface area contributed by atoms with Gasteiger partial charge in [-0.25, -0.2) is 4.79 Å². The Morgan fingerprint density at radius 2 is 1.86 bits per heavy atom. The lowest BCUT2D eigenvalue weighted by Gasteiger charge is -2.31. The summed E-state index contributed by atoms with van der Waals surface area (Å²) in [7, 11) is 0. The van der Waals surface area contributed by atoms with E-state index in [0.717, 1.165) is 22.1 Å². The summed E-state index contributed by atoms with van der Waals surface area (Å²) in [6.45, 7) is 1.80. The van der Waals surface area contributed by atoms with E-state index in [1.165, 1.54) is 11.5 Å². The molecule has 1 unspecified atom stereocenters. The van der Waals surface area contributed by atoms with Crippen LogP contribution >= 0.6 is 0 Å². The predicted octanol–water partition coefficient (Wildman–Crippen LogP) is 3.58. The number of esters is 1. The van der Waals surface area contributed by atoms with E-state index in [-0.39, 0.29) is 5.97 Å². The molecule has 22 heavy (non-hydrogen) atoms. The largest absolute Gasteiger partial charge is 0.423 e. The van der Waals surface area contributed by atoms with E-state index in [1.54, 1.807) is 6.92 Å². The second kappa shape index (κ2) is 4.55. The molecular formula is C19H16O3. The van der Waals surface area contributed by atoms with E-state index < -0.39 is 5.60 Å². The van der Waals surface area contributed by atoms with E-state index in [1.807, 2.05) is 18.2 Å². The summed E-state index contributed by atoms with van der Waals surface area (Å²) < 4.78 is 5.37. The highest BCUT2D eigenvalue weighted by Crippen LogP contribution is 2.44. The summed E-state index contributed by atoms with van der Waals surface area (Å²) in [6, 6.07) is 14.3. The van der Waals surface area contributed by atoms with E-state index in [2.05, 4.69) is 24.3 Å². The van der Waals surface area contributed by atoms with E-state index in [9.17, 15) is 9.90 Å². The zero-order valence-corrected chi connectivity index (χ0v) is 12.3. The van der Waals surface area contributed by atoms with Crippen molar-refractivity contribution in [1.82, 2.24) is 0 Å². The molecule has 1 N–H and O–H groups in total. The standard InChI is InChI=1S/C19H16O3/c1-19(21)10-15-9-17(20)22-18(15)16(11-19)14-7-6-12-4-2-3-5-13(12)8-14/h2-9,21H,10-11H2,1H3. The Hall–Kier alpha value is -2.39. The van der Waals surface area contributed by atoms with Crippen LogP contribution in [0.3, 0.4) is 0 Å². The number of hydrogen-bond acceptors (Lipinski definition) is 3. The number of benzene rings is 2. The first kappa shape index (κ1) is 13.3. The fourth-order valence-corrected chi connectivity index (χ4v) is 3.33. The van der Waals surface area contributed by atoms with Crippen LogP contribution in [0, 0.1) is 0 Å². The molecule has 4 rings (SSSR count). The van der Waals surface area contributed by atoms with Gasteiger partial charge >= 0.3 is 5.97 Å². The lowest BCUT2D eigenvalue weighted by molar-refractivity contribution is -0.132. The number of rotatable bonds is 1. The Bertz CT molecular complexity index is 856. The highest BCUT2D eigenvalue weighted by atomic mass is 16.5. The summed E-state index contributed by atoms with van der Waals surface area (Å²) in [5, 5.41) is 12.8. The Balaban J connectivity index is 1.90. The third-order valence-corrected chi connectivity index (χ3v) is 4.29. The van der Waals surface area contributed by atoms with Gasteiger partial charge in [-0.3, -0.25) is 0 Å². The van der Waals surface area contributed by atoms with Gasteiger partial charge in [0.1, 0.15) is 5.76 Å². The molecule has 1 aliphatic carbocycles. The average Bonchev–Trinajstić information content (AvgIpc) is 2.84. The summed E-state index contributed by atoms with van der Waals surface area (Å²) in [5.41, 5.74) is 1.84. The van der Waals surface area contributed by atoms with Crippen LogP contribution in [0.1, 0.15) is 25.3 Å². The van der Waals surface area contributed by atoms with Gasteiger partial charge in [-0.15, -0.1) is 0 Å². The molecule has 3 nitrogen and oxygen atoms in total. The number of allylic oxidation sites excluding steroid dienone is 1. The van der Waals surface area contributed by atoms with Crippen LogP contribution in [-0.2, 0) is 9.53 Å². The minimum Gasteiger partial charge on any atom is -0.423 e. The Labute approximate surface area is 128 Å². The summed E-state index contributed by atoms with van der Waals surface area (Å²) in [6.07, 6.45) is 2.42. The van der Waals surface area contributed by atoms with Gasteiger partial charge in [0.05, 0.1) is 5.60 Å². The highest BCUT2D eigenvalue weighted by Gasteiger charge is 2.37. The van der Waals surface area contributed by atoms with Crippen molar-refractivity contribution < 1.29 is 14.6 Å². The maximum atomic E-state index is 11.6. The summed E-state index contributed by atoms with van der Waals surface area (Å²) in [4.78, 5) is 11.6. The molecule has 2 aromatic rings. The van der Waals surface area contributed by atoms with Gasteiger partial charge in [-0.1, -0.05) is 36.4 Å². The monoisotopic (exact) mass is 292 g/mol. The van der Waals surface area contributed by atoms with Crippen molar-refractivity contribution in [2.75, 3.05) is 0 Å². The van der Waals surface area contributed by atoms with Gasteiger partial charge < -0.3 is 9.84 Å². The van der Waals surface area contributed by atoms with Gasteiger partial charge in [0, 0.05) is 30.1 Å². The Morgan fingerprint density at radius 3 is 2.68 bits per heavy atom. The first-order valence-electron chi connectivity index (χ1n) is 7.39. The molecule has 1 heterocycles. The second-order valence-electron chi connectivity index (χ2n) is 6.31. The predicted molar refractivity (Wildman–Crippen MR) is 84.9 cm³/mol. The summed E-state index contributed by atoms with van der Waals surface area (Å²) in [5.74, 6) is 0.285. The molecule has 1 atom stereocenters. The van der Waals surface area contributed by atoms with Crippen molar-refractivity contribution in [3.05, 3.63) is 65.4 Å². The topological polar surface area (TPSA) is 46.5 Å². The molecule has 1 aliphatic heterocycles. The van der Waals surface area contributed by atoms with Crippen LogP contribution in [-0.4, -0.2) is 16.7 Å². The van der Waals surface area contributed by atoms with Gasteiger partial charge in [0.15, 0.2) is 0 Å². The van der Waals surface area contributed by atoms with Crippen LogP contribution in [0.15, 0.2) is 59.9 Å². The molecule has 0 fully saturated rings. The van der Waals surface area contributed by atoms with Crippen molar-refractivity contribution in [2.45, 2.75) is 25.4 Å². The zero-order valence-electron chi connectivity index (χ0n) is 12.3. The van der Waals surface area contributed by atoms with Crippen LogP contribution in [0.2, 0.25) is 0 Å². The Morgan fingerprint density at radius 1 is 1.09 bits per heavy atom. The number of aliphatic hydroxyl groups is 1. The molecule has 2 aliphatic rings. The van der Waals surface area contributed by atoms with Crippen molar-refractivity contribution in [3.8, 4) is 0 Å².